The summed E-state index contributed by atoms with van der Waals surface area (Å²) in [6.07, 6.45) is 4.35. The highest BCUT2D eigenvalue weighted by molar-refractivity contribution is 7.99. The molecule has 0 spiro atoms. The molecule has 0 aliphatic rings. The summed E-state index contributed by atoms with van der Waals surface area (Å²) in [5, 5.41) is 10.4. The van der Waals surface area contributed by atoms with Crippen molar-refractivity contribution >= 4 is 61.5 Å². The quantitative estimate of drug-likeness (QED) is 0.0829. The van der Waals surface area contributed by atoms with Crippen molar-refractivity contribution in [3.63, 3.8) is 0 Å². The zero-order valence-electron chi connectivity index (χ0n) is 19.5. The van der Waals surface area contributed by atoms with E-state index in [4.69, 9.17) is 0 Å². The van der Waals surface area contributed by atoms with Crippen molar-refractivity contribution in [2.45, 2.75) is 77.4 Å². The third kappa shape index (κ3) is 15.2. The number of hydrogen-bond donors (Lipinski definition) is 5. The number of thiol groups is 1. The molecule has 3 atom stereocenters. The fourth-order valence-electron chi connectivity index (χ4n) is 2.53. The van der Waals surface area contributed by atoms with E-state index in [1.165, 1.54) is 13.8 Å². The number of thioether (sulfide) groups is 1. The number of unbranched alkanes of at least 4 members (excludes halogenated alkanes) is 2. The molecule has 0 heterocycles. The fraction of sp³-hybridized carbons (Fsp3) is 0.750. The van der Waals surface area contributed by atoms with E-state index in [1.807, 2.05) is 0 Å². The van der Waals surface area contributed by atoms with Gasteiger partial charge in [0.1, 0.15) is 18.1 Å². The van der Waals surface area contributed by atoms with Gasteiger partial charge in [0.25, 0.3) is 0 Å². The Morgan fingerprint density at radius 2 is 1.34 bits per heavy atom. The Bertz CT molecular complexity index is 639. The predicted molar refractivity (Wildman–Crippen MR) is 133 cm³/mol. The van der Waals surface area contributed by atoms with Crippen LogP contribution in [-0.2, 0) is 24.0 Å². The molecule has 0 unspecified atom stereocenters. The van der Waals surface area contributed by atoms with Gasteiger partial charge in [0.2, 0.25) is 23.6 Å². The number of carbonyl (C=O) groups excluding carboxylic acids is 5. The smallest absolute Gasteiger partial charge is 0.242 e. The van der Waals surface area contributed by atoms with Crippen LogP contribution in [0.5, 0.6) is 0 Å². The first-order valence-electron chi connectivity index (χ1n) is 10.9. The van der Waals surface area contributed by atoms with Crippen LogP contribution in [0.15, 0.2) is 0 Å². The van der Waals surface area contributed by atoms with Crippen molar-refractivity contribution in [2.24, 2.45) is 0 Å². The molecular formula is C20H37BN4O5S2. The molecule has 0 aromatic heterocycles. The molecule has 0 aromatic rings. The summed E-state index contributed by atoms with van der Waals surface area (Å²) in [6, 6.07) is -2.40. The first-order valence-corrected chi connectivity index (χ1v) is 12.7. The molecule has 12 heteroatoms. The molecule has 0 bridgehead atoms. The zero-order chi connectivity index (χ0) is 24.5. The Balaban J connectivity index is 4.12. The predicted octanol–water partition coefficient (Wildman–Crippen LogP) is -0.262. The van der Waals surface area contributed by atoms with Gasteiger partial charge in [-0.15, -0.1) is 11.8 Å². The molecule has 0 saturated heterocycles. The maximum absolute atomic E-state index is 12.3. The molecule has 0 fully saturated rings. The molecule has 32 heavy (non-hydrogen) atoms. The van der Waals surface area contributed by atoms with Crippen LogP contribution in [0.3, 0.4) is 0 Å². The molecule has 0 saturated carbocycles. The Kier molecular flexibility index (Phi) is 16.9. The molecular weight excluding hydrogens is 451 g/mol. The maximum atomic E-state index is 12.3. The molecule has 0 aliphatic carbocycles. The van der Waals surface area contributed by atoms with Crippen molar-refractivity contribution < 1.29 is 24.0 Å². The van der Waals surface area contributed by atoms with Gasteiger partial charge in [-0.1, -0.05) is 6.42 Å². The van der Waals surface area contributed by atoms with E-state index >= 15 is 0 Å². The number of amides is 4. The van der Waals surface area contributed by atoms with Gasteiger partial charge >= 0.3 is 0 Å². The third-order valence-corrected chi connectivity index (χ3v) is 5.74. The Morgan fingerprint density at radius 1 is 0.781 bits per heavy atom. The molecule has 0 radical (unpaired) electrons. The van der Waals surface area contributed by atoms with Gasteiger partial charge in [-0.2, -0.15) is 12.6 Å². The summed E-state index contributed by atoms with van der Waals surface area (Å²) in [7, 11) is 1.59. The first-order chi connectivity index (χ1) is 15.1. The van der Waals surface area contributed by atoms with E-state index in [2.05, 4.69) is 33.9 Å². The van der Waals surface area contributed by atoms with Gasteiger partial charge in [-0.3, -0.25) is 19.2 Å². The van der Waals surface area contributed by atoms with Crippen molar-refractivity contribution in [2.75, 3.05) is 17.4 Å². The highest BCUT2D eigenvalue weighted by atomic mass is 32.2. The standard InChI is InChI=1S/C20H37BN4O5S2/c1-13(18(28)22-12-32-11-6-4-5-8-16(21)26)24-20(30)15(3)25-19(29)14(2)23-17(27)9-7-10-31/h13-15,31H,4-12,21H2,1-3H3,(H,22,28)(H,23,27)(H,24,30)(H,25,29)/t13-,14-,15+/m0/s1. The highest BCUT2D eigenvalue weighted by Crippen LogP contribution is 2.06. The molecule has 0 aliphatic heterocycles. The summed E-state index contributed by atoms with van der Waals surface area (Å²) >= 11 is 5.62. The number of nitrogens with one attached hydrogen (secondary N) is 4. The minimum Gasteiger partial charge on any atom is -0.345 e. The van der Waals surface area contributed by atoms with Crippen molar-refractivity contribution in [3.05, 3.63) is 0 Å². The van der Waals surface area contributed by atoms with E-state index in [9.17, 15) is 24.0 Å². The van der Waals surface area contributed by atoms with Gasteiger partial charge in [0.05, 0.1) is 11.6 Å². The number of rotatable bonds is 17. The monoisotopic (exact) mass is 488 g/mol. The largest absolute Gasteiger partial charge is 0.345 e. The molecule has 182 valence electrons. The normalized spacial score (nSPS) is 13.4. The van der Waals surface area contributed by atoms with E-state index in [-0.39, 0.29) is 23.9 Å². The minimum absolute atomic E-state index is 0.205. The Morgan fingerprint density at radius 3 is 1.91 bits per heavy atom. The van der Waals surface area contributed by atoms with Crippen LogP contribution in [0.1, 0.15) is 59.3 Å². The minimum atomic E-state index is -0.862. The highest BCUT2D eigenvalue weighted by Gasteiger charge is 2.23. The lowest BCUT2D eigenvalue weighted by Crippen LogP contribution is -2.54. The van der Waals surface area contributed by atoms with Crippen LogP contribution >= 0.6 is 24.4 Å². The lowest BCUT2D eigenvalue weighted by molar-refractivity contribution is -0.133. The summed E-state index contributed by atoms with van der Waals surface area (Å²) in [4.78, 5) is 59.1. The summed E-state index contributed by atoms with van der Waals surface area (Å²) in [5.74, 6) is 0.353. The second-order valence-electron chi connectivity index (χ2n) is 7.68. The summed E-state index contributed by atoms with van der Waals surface area (Å²) < 4.78 is 0. The van der Waals surface area contributed by atoms with Crippen molar-refractivity contribution in [3.8, 4) is 0 Å². The van der Waals surface area contributed by atoms with Gasteiger partial charge in [-0.05, 0) is 58.0 Å². The lowest BCUT2D eigenvalue weighted by Gasteiger charge is -2.20. The fourth-order valence-corrected chi connectivity index (χ4v) is 3.48. The lowest BCUT2D eigenvalue weighted by atomic mass is 9.97. The van der Waals surface area contributed by atoms with Gasteiger partial charge in [0, 0.05) is 6.42 Å². The summed E-state index contributed by atoms with van der Waals surface area (Å²) in [5.41, 5.74) is 0.205. The van der Waals surface area contributed by atoms with Crippen LogP contribution in [0.25, 0.3) is 0 Å². The Labute approximate surface area is 201 Å². The molecule has 9 nitrogen and oxygen atoms in total. The van der Waals surface area contributed by atoms with Gasteiger partial charge in [0.15, 0.2) is 7.85 Å². The van der Waals surface area contributed by atoms with E-state index < -0.39 is 29.9 Å². The average Bonchev–Trinajstić information content (AvgIpc) is 2.73. The second-order valence-corrected chi connectivity index (χ2v) is 9.24. The van der Waals surface area contributed by atoms with Gasteiger partial charge < -0.3 is 26.1 Å². The van der Waals surface area contributed by atoms with Crippen LogP contribution in [0, 0.1) is 0 Å². The third-order valence-electron chi connectivity index (χ3n) is 4.50. The Hall–Kier alpha value is -1.69. The number of carbonyl (C=O) groups is 5. The summed E-state index contributed by atoms with van der Waals surface area (Å²) in [6.45, 7) is 4.61. The topological polar surface area (TPSA) is 133 Å². The molecule has 4 amide bonds. The van der Waals surface area contributed by atoms with Crippen LogP contribution in [-0.4, -0.2) is 72.7 Å². The average molecular weight is 488 g/mol. The number of hydrogen-bond acceptors (Lipinski definition) is 7. The van der Waals surface area contributed by atoms with Crippen LogP contribution in [0.2, 0.25) is 0 Å². The second kappa shape index (κ2) is 17.8. The van der Waals surface area contributed by atoms with Crippen molar-refractivity contribution in [1.29, 1.82) is 0 Å². The van der Waals surface area contributed by atoms with E-state index in [0.717, 1.165) is 25.0 Å². The molecule has 4 N–H and O–H groups in total. The van der Waals surface area contributed by atoms with E-state index in [1.54, 1.807) is 26.5 Å². The first kappa shape index (κ1) is 30.3. The zero-order valence-corrected chi connectivity index (χ0v) is 21.2. The van der Waals surface area contributed by atoms with Crippen LogP contribution < -0.4 is 21.3 Å². The maximum Gasteiger partial charge on any atom is 0.242 e. The van der Waals surface area contributed by atoms with E-state index in [0.29, 0.717) is 24.5 Å². The van der Waals surface area contributed by atoms with Crippen molar-refractivity contribution in [1.82, 2.24) is 21.3 Å². The molecule has 0 aromatic carbocycles. The van der Waals surface area contributed by atoms with Gasteiger partial charge in [-0.25, -0.2) is 0 Å². The SMILES string of the molecule is BC(=O)CCCCCSCNC(=O)[C@H](C)NC(=O)[C@@H](C)NC(=O)[C@H](C)NC(=O)CCCS. The molecule has 0 rings (SSSR count). The van der Waals surface area contributed by atoms with Crippen LogP contribution in [0.4, 0.5) is 0 Å².